The van der Waals surface area contributed by atoms with Gasteiger partial charge in [0.05, 0.1) is 11.9 Å². The molecule has 7 heteroatoms. The summed E-state index contributed by atoms with van der Waals surface area (Å²) in [6, 6.07) is 3.70. The van der Waals surface area contributed by atoms with E-state index in [-0.39, 0.29) is 18.0 Å². The Morgan fingerprint density at radius 3 is 2.68 bits per heavy atom. The molecule has 0 unspecified atom stereocenters. The number of aromatic nitrogens is 3. The third kappa shape index (κ3) is 5.14. The number of carbonyl (C=O) groups is 1. The molecule has 31 heavy (non-hydrogen) atoms. The van der Waals surface area contributed by atoms with Crippen molar-refractivity contribution in [3.05, 3.63) is 52.2 Å². The highest BCUT2D eigenvalue weighted by Gasteiger charge is 2.43. The molecule has 4 atom stereocenters. The lowest BCUT2D eigenvalue weighted by Crippen LogP contribution is -2.48. The molecule has 1 aliphatic rings. The molecule has 2 heterocycles. The van der Waals surface area contributed by atoms with Gasteiger partial charge in [0.15, 0.2) is 0 Å². The van der Waals surface area contributed by atoms with Gasteiger partial charge in [-0.25, -0.2) is 4.68 Å². The van der Waals surface area contributed by atoms with E-state index in [4.69, 9.17) is 0 Å². The van der Waals surface area contributed by atoms with Crippen LogP contribution < -0.4 is 16.2 Å². The maximum Gasteiger partial charge on any atom is 0.269 e. The van der Waals surface area contributed by atoms with Crippen molar-refractivity contribution in [2.75, 3.05) is 5.32 Å². The van der Waals surface area contributed by atoms with Crippen LogP contribution in [-0.4, -0.2) is 26.7 Å². The number of nitrogens with one attached hydrogen (secondary N) is 2. The molecule has 0 spiro atoms. The van der Waals surface area contributed by atoms with Crippen molar-refractivity contribution < 1.29 is 4.79 Å². The minimum atomic E-state index is -0.287. The van der Waals surface area contributed by atoms with E-state index in [1.165, 1.54) is 10.7 Å². The number of anilines is 1. The van der Waals surface area contributed by atoms with Gasteiger partial charge in [0.1, 0.15) is 6.54 Å². The molecule has 2 aromatic heterocycles. The molecular weight excluding hydrogens is 390 g/mol. The Morgan fingerprint density at radius 2 is 2.00 bits per heavy atom. The minimum Gasteiger partial charge on any atom is -0.381 e. The molecule has 0 bridgehead atoms. The van der Waals surface area contributed by atoms with Crippen molar-refractivity contribution >= 4 is 11.6 Å². The van der Waals surface area contributed by atoms with E-state index in [2.05, 4.69) is 55.3 Å². The Hall–Kier alpha value is -2.70. The fourth-order valence-electron chi connectivity index (χ4n) is 4.50. The molecule has 2 aromatic rings. The number of nitrogens with zero attached hydrogens (tertiary/aromatic N) is 3. The summed E-state index contributed by atoms with van der Waals surface area (Å²) in [7, 11) is 0. The number of amides is 1. The second-order valence-electron chi connectivity index (χ2n) is 9.68. The van der Waals surface area contributed by atoms with Crippen molar-refractivity contribution in [2.45, 2.75) is 67.1 Å². The van der Waals surface area contributed by atoms with E-state index in [1.807, 2.05) is 13.0 Å². The zero-order valence-corrected chi connectivity index (χ0v) is 19.5. The zero-order valence-electron chi connectivity index (χ0n) is 19.5. The number of hydrogen-bond acceptors (Lipinski definition) is 5. The number of hydrogen-bond donors (Lipinski definition) is 2. The summed E-state index contributed by atoms with van der Waals surface area (Å²) in [5.74, 6) is 1.38. The maximum absolute atomic E-state index is 12.5. The van der Waals surface area contributed by atoms with Crippen LogP contribution in [0.5, 0.6) is 0 Å². The third-order valence-corrected chi connectivity index (χ3v) is 7.60. The zero-order chi connectivity index (χ0) is 22.8. The largest absolute Gasteiger partial charge is 0.381 e. The van der Waals surface area contributed by atoms with Gasteiger partial charge in [0.25, 0.3) is 5.56 Å². The summed E-state index contributed by atoms with van der Waals surface area (Å²) in [4.78, 5) is 28.9. The molecule has 1 aliphatic carbocycles. The highest BCUT2D eigenvalue weighted by Crippen LogP contribution is 2.47. The molecular formula is C24H35N5O2. The highest BCUT2D eigenvalue weighted by molar-refractivity contribution is 5.75. The lowest BCUT2D eigenvalue weighted by Gasteiger charge is -2.50. The van der Waals surface area contributed by atoms with Gasteiger partial charge in [-0.05, 0) is 53.7 Å². The molecule has 1 fully saturated rings. The topological polar surface area (TPSA) is 88.9 Å². The van der Waals surface area contributed by atoms with Crippen LogP contribution in [0.25, 0.3) is 0 Å². The molecule has 168 valence electrons. The standard InChI is InChI=1S/C24H35N5O2/c1-15-11-25-8-7-19(15)12-26-22(30)14-29-23(31)10-20(13-27-29)28-21-9-16(2)24(5,6)18(4)17(21)3/h7-8,10-11,13,16-18,21,28H,9,12,14H2,1-6H3,(H,26,30)/t16-,17+,18+,21+/m0/s1. The fourth-order valence-corrected chi connectivity index (χ4v) is 4.50. The quantitative estimate of drug-likeness (QED) is 0.741. The Bertz CT molecular complexity index is 984. The van der Waals surface area contributed by atoms with Crippen LogP contribution >= 0.6 is 0 Å². The molecule has 3 rings (SSSR count). The predicted molar refractivity (Wildman–Crippen MR) is 123 cm³/mol. The first-order chi connectivity index (χ1) is 14.6. The van der Waals surface area contributed by atoms with Gasteiger partial charge in [-0.1, -0.05) is 34.6 Å². The lowest BCUT2D eigenvalue weighted by molar-refractivity contribution is -0.122. The predicted octanol–water partition coefficient (Wildman–Crippen LogP) is 3.38. The monoisotopic (exact) mass is 425 g/mol. The average Bonchev–Trinajstić information content (AvgIpc) is 2.72. The molecule has 0 aromatic carbocycles. The third-order valence-electron chi connectivity index (χ3n) is 7.60. The van der Waals surface area contributed by atoms with Crippen molar-refractivity contribution in [3.63, 3.8) is 0 Å². The average molecular weight is 426 g/mol. The van der Waals surface area contributed by atoms with Crippen LogP contribution in [0, 0.1) is 30.1 Å². The number of pyridine rings is 1. The van der Waals surface area contributed by atoms with E-state index in [0.29, 0.717) is 41.4 Å². The maximum atomic E-state index is 12.5. The van der Waals surface area contributed by atoms with Crippen molar-refractivity contribution in [2.24, 2.45) is 23.2 Å². The van der Waals surface area contributed by atoms with Crippen LogP contribution in [-0.2, 0) is 17.9 Å². The minimum absolute atomic E-state index is 0.106. The van der Waals surface area contributed by atoms with Gasteiger partial charge in [0, 0.05) is 31.0 Å². The first kappa shape index (κ1) is 23.0. The second kappa shape index (κ2) is 9.20. The first-order valence-electron chi connectivity index (χ1n) is 11.1. The van der Waals surface area contributed by atoms with Gasteiger partial charge in [-0.2, -0.15) is 5.10 Å². The normalized spacial score (nSPS) is 25.1. The van der Waals surface area contributed by atoms with Crippen molar-refractivity contribution in [1.29, 1.82) is 0 Å². The Kier molecular flexibility index (Phi) is 6.82. The fraction of sp³-hybridized carbons (Fsp3) is 0.583. The van der Waals surface area contributed by atoms with E-state index < -0.39 is 0 Å². The Balaban J connectivity index is 1.60. The van der Waals surface area contributed by atoms with E-state index >= 15 is 0 Å². The lowest BCUT2D eigenvalue weighted by atomic mass is 9.58. The van der Waals surface area contributed by atoms with E-state index in [1.54, 1.807) is 18.6 Å². The number of aryl methyl sites for hydroxylation is 1. The van der Waals surface area contributed by atoms with Gasteiger partial charge in [-0.15, -0.1) is 0 Å². The smallest absolute Gasteiger partial charge is 0.269 e. The Labute approximate surface area is 184 Å². The van der Waals surface area contributed by atoms with Gasteiger partial charge >= 0.3 is 0 Å². The number of rotatable bonds is 6. The van der Waals surface area contributed by atoms with Crippen LogP contribution in [0.15, 0.2) is 35.5 Å². The van der Waals surface area contributed by atoms with Crippen LogP contribution in [0.4, 0.5) is 5.69 Å². The summed E-state index contributed by atoms with van der Waals surface area (Å²) < 4.78 is 1.19. The highest BCUT2D eigenvalue weighted by atomic mass is 16.2. The van der Waals surface area contributed by atoms with E-state index in [9.17, 15) is 9.59 Å². The summed E-state index contributed by atoms with van der Waals surface area (Å²) in [5.41, 5.74) is 2.73. The molecule has 0 radical (unpaired) electrons. The summed E-state index contributed by atoms with van der Waals surface area (Å²) in [5, 5.41) is 10.6. The first-order valence-corrected chi connectivity index (χ1v) is 11.1. The van der Waals surface area contributed by atoms with Crippen LogP contribution in [0.2, 0.25) is 0 Å². The molecule has 1 amide bonds. The van der Waals surface area contributed by atoms with Gasteiger partial charge in [0.2, 0.25) is 5.91 Å². The second-order valence-corrected chi connectivity index (χ2v) is 9.68. The summed E-state index contributed by atoms with van der Waals surface area (Å²) >= 11 is 0. The molecule has 7 nitrogen and oxygen atoms in total. The van der Waals surface area contributed by atoms with Crippen molar-refractivity contribution in [1.82, 2.24) is 20.1 Å². The van der Waals surface area contributed by atoms with Crippen LogP contribution in [0.1, 0.15) is 52.2 Å². The van der Waals surface area contributed by atoms with Gasteiger partial charge < -0.3 is 10.6 Å². The molecule has 0 saturated heterocycles. The molecule has 0 aliphatic heterocycles. The molecule has 2 N–H and O–H groups in total. The Morgan fingerprint density at radius 1 is 1.26 bits per heavy atom. The molecule has 1 saturated carbocycles. The van der Waals surface area contributed by atoms with E-state index in [0.717, 1.165) is 17.5 Å². The summed E-state index contributed by atoms with van der Waals surface area (Å²) in [6.07, 6.45) is 6.15. The van der Waals surface area contributed by atoms with Gasteiger partial charge in [-0.3, -0.25) is 14.6 Å². The van der Waals surface area contributed by atoms with Crippen molar-refractivity contribution in [3.8, 4) is 0 Å². The number of carbonyl (C=O) groups excluding carboxylic acids is 1. The SMILES string of the molecule is Cc1cnccc1CNC(=O)Cn1ncc(N[C@@H]2C[C@H](C)C(C)(C)[C@H](C)[C@H]2C)cc1=O. The van der Waals surface area contributed by atoms with Crippen LogP contribution in [0.3, 0.4) is 0 Å². The summed E-state index contributed by atoms with van der Waals surface area (Å²) in [6.45, 7) is 13.8.